The van der Waals surface area contributed by atoms with Gasteiger partial charge in [0.05, 0.1) is 0 Å². The maximum atomic E-state index is 11.1. The van der Waals surface area contributed by atoms with Crippen LogP contribution < -0.4 is 0 Å². The number of fused-ring (bicyclic) bond motifs is 1. The highest BCUT2D eigenvalue weighted by Crippen LogP contribution is 2.30. The minimum atomic E-state index is -3.28. The zero-order chi connectivity index (χ0) is 7.90. The molecule has 58 valence electrons. The Kier molecular flexibility index (Phi) is 1.27. The Balaban J connectivity index is 2.75. The molecule has 11 heavy (non-hydrogen) atoms. The summed E-state index contributed by atoms with van der Waals surface area (Å²) in [6, 6.07) is 6.89. The molecule has 4 heteroatoms. The first-order valence-electron chi connectivity index (χ1n) is 3.22. The minimum Gasteiger partial charge on any atom is -0.541 e. The quantitative estimate of drug-likeness (QED) is 0.585. The van der Waals surface area contributed by atoms with Gasteiger partial charge in [-0.05, 0) is 6.07 Å². The normalized spacial score (nSPS) is 19.6. The number of hydrogen-bond acceptors (Lipinski definition) is 2. The summed E-state index contributed by atoms with van der Waals surface area (Å²) in [5, 5.41) is 0. The summed E-state index contributed by atoms with van der Waals surface area (Å²) >= 11 is 0. The van der Waals surface area contributed by atoms with Crippen LogP contribution in [-0.4, -0.2) is 8.42 Å². The van der Waals surface area contributed by atoms with Crippen molar-refractivity contribution in [2.24, 2.45) is 0 Å². The highest BCUT2D eigenvalue weighted by atomic mass is 32.2. The summed E-state index contributed by atoms with van der Waals surface area (Å²) < 4.78 is 25.7. The van der Waals surface area contributed by atoms with Gasteiger partial charge in [-0.2, -0.15) is 0 Å². The van der Waals surface area contributed by atoms with Gasteiger partial charge in [0, 0.05) is 4.90 Å². The van der Waals surface area contributed by atoms with E-state index in [-0.39, 0.29) is 0 Å². The molecule has 0 saturated carbocycles. The highest BCUT2D eigenvalue weighted by Gasteiger charge is 2.13. The molecule has 0 atom stereocenters. The number of rotatable bonds is 0. The molecule has 1 aromatic rings. The molecule has 1 heterocycles. The van der Waals surface area contributed by atoms with Crippen molar-refractivity contribution < 1.29 is 8.42 Å². The van der Waals surface area contributed by atoms with Crippen LogP contribution in [0.25, 0.3) is 4.72 Å². The lowest BCUT2D eigenvalue weighted by Gasteiger charge is -2.05. The first kappa shape index (κ1) is 6.82. The smallest absolute Gasteiger partial charge is 0.101 e. The SMILES string of the molecule is O=S1(=O)[N-]Cc2ccccc21. The van der Waals surface area contributed by atoms with Gasteiger partial charge in [0.15, 0.2) is 0 Å². The standard InChI is InChI=1S/C7H6NO2S/c9-11(10)7-4-2-1-3-6(7)5-8-11/h1-4H,5H2/q-1. The van der Waals surface area contributed by atoms with Crippen molar-refractivity contribution in [3.05, 3.63) is 34.6 Å². The minimum absolute atomic E-state index is 0.304. The van der Waals surface area contributed by atoms with E-state index >= 15 is 0 Å². The summed E-state index contributed by atoms with van der Waals surface area (Å²) in [5.74, 6) is 0. The number of hydrogen-bond donors (Lipinski definition) is 0. The summed E-state index contributed by atoms with van der Waals surface area (Å²) in [6.45, 7) is 0.304. The molecule has 1 aliphatic rings. The predicted octanol–water partition coefficient (Wildman–Crippen LogP) is 1.26. The largest absolute Gasteiger partial charge is 0.541 e. The van der Waals surface area contributed by atoms with Crippen LogP contribution in [0.15, 0.2) is 29.2 Å². The molecule has 0 amide bonds. The molecule has 2 rings (SSSR count). The van der Waals surface area contributed by atoms with Crippen LogP contribution in [0.5, 0.6) is 0 Å². The van der Waals surface area contributed by atoms with Gasteiger partial charge in [0.1, 0.15) is 10.0 Å². The van der Waals surface area contributed by atoms with E-state index in [0.29, 0.717) is 11.4 Å². The third kappa shape index (κ3) is 0.948. The molecule has 0 radical (unpaired) electrons. The fraction of sp³-hybridized carbons (Fsp3) is 0.143. The van der Waals surface area contributed by atoms with Gasteiger partial charge in [-0.3, -0.25) is 0 Å². The average molecular weight is 168 g/mol. The Labute approximate surface area is 65.1 Å². The van der Waals surface area contributed by atoms with Crippen LogP contribution >= 0.6 is 0 Å². The number of benzene rings is 1. The Morgan fingerprint density at radius 2 is 2.00 bits per heavy atom. The molecule has 1 aromatic carbocycles. The van der Waals surface area contributed by atoms with Gasteiger partial charge in [-0.1, -0.05) is 23.8 Å². The number of nitrogens with zero attached hydrogens (tertiary/aromatic N) is 1. The van der Waals surface area contributed by atoms with Crippen LogP contribution in [0, 0.1) is 0 Å². The number of sulfonamides is 1. The molecule has 0 aliphatic carbocycles. The van der Waals surface area contributed by atoms with Crippen molar-refractivity contribution in [3.63, 3.8) is 0 Å². The Hall–Kier alpha value is -0.870. The Morgan fingerprint density at radius 3 is 2.73 bits per heavy atom. The van der Waals surface area contributed by atoms with Crippen LogP contribution in [0.3, 0.4) is 0 Å². The van der Waals surface area contributed by atoms with Crippen molar-refractivity contribution in [3.8, 4) is 0 Å². The molecule has 0 N–H and O–H groups in total. The molecule has 0 bridgehead atoms. The van der Waals surface area contributed by atoms with Crippen LogP contribution in [0.2, 0.25) is 0 Å². The van der Waals surface area contributed by atoms with Gasteiger partial charge >= 0.3 is 0 Å². The molecule has 0 fully saturated rings. The van der Waals surface area contributed by atoms with E-state index in [2.05, 4.69) is 4.72 Å². The third-order valence-corrected chi connectivity index (χ3v) is 3.08. The van der Waals surface area contributed by atoms with E-state index in [0.717, 1.165) is 5.56 Å². The first-order chi connectivity index (χ1) is 5.20. The fourth-order valence-corrected chi connectivity index (χ4v) is 2.27. The lowest BCUT2D eigenvalue weighted by molar-refractivity contribution is 0.604. The Bertz CT molecular complexity index is 383. The second-order valence-corrected chi connectivity index (χ2v) is 4.02. The van der Waals surface area contributed by atoms with Crippen molar-refractivity contribution in [1.29, 1.82) is 0 Å². The van der Waals surface area contributed by atoms with E-state index in [9.17, 15) is 8.42 Å². The summed E-state index contributed by atoms with van der Waals surface area (Å²) in [7, 11) is -3.28. The van der Waals surface area contributed by atoms with E-state index in [1.807, 2.05) is 6.07 Å². The van der Waals surface area contributed by atoms with Crippen LogP contribution in [0.4, 0.5) is 0 Å². The van der Waals surface area contributed by atoms with Gasteiger partial charge in [0.25, 0.3) is 0 Å². The monoisotopic (exact) mass is 168 g/mol. The fourth-order valence-electron chi connectivity index (χ4n) is 1.11. The van der Waals surface area contributed by atoms with Gasteiger partial charge in [0.2, 0.25) is 0 Å². The molecule has 0 aromatic heterocycles. The zero-order valence-electron chi connectivity index (χ0n) is 5.69. The van der Waals surface area contributed by atoms with E-state index < -0.39 is 10.0 Å². The van der Waals surface area contributed by atoms with Crippen LogP contribution in [0.1, 0.15) is 5.56 Å². The van der Waals surface area contributed by atoms with Gasteiger partial charge in [-0.25, -0.2) is 8.42 Å². The molecular formula is C7H6NO2S-. The van der Waals surface area contributed by atoms with Crippen molar-refractivity contribution in [2.45, 2.75) is 11.4 Å². The second-order valence-electron chi connectivity index (χ2n) is 2.37. The molecule has 0 spiro atoms. The predicted molar refractivity (Wildman–Crippen MR) is 40.7 cm³/mol. The summed E-state index contributed by atoms with van der Waals surface area (Å²) in [5.41, 5.74) is 0.799. The molecule has 0 saturated heterocycles. The van der Waals surface area contributed by atoms with E-state index in [4.69, 9.17) is 0 Å². The second kappa shape index (κ2) is 2.06. The topological polar surface area (TPSA) is 48.2 Å². The summed E-state index contributed by atoms with van der Waals surface area (Å²) in [4.78, 5) is 0.361. The van der Waals surface area contributed by atoms with E-state index in [1.54, 1.807) is 18.2 Å². The summed E-state index contributed by atoms with van der Waals surface area (Å²) in [6.07, 6.45) is 0. The van der Waals surface area contributed by atoms with E-state index in [1.165, 1.54) is 0 Å². The first-order valence-corrected chi connectivity index (χ1v) is 4.66. The lowest BCUT2D eigenvalue weighted by Crippen LogP contribution is -1.90. The van der Waals surface area contributed by atoms with Gasteiger partial charge in [-0.15, -0.1) is 6.54 Å². The molecule has 1 aliphatic heterocycles. The Morgan fingerprint density at radius 1 is 1.27 bits per heavy atom. The van der Waals surface area contributed by atoms with Crippen molar-refractivity contribution in [1.82, 2.24) is 0 Å². The highest BCUT2D eigenvalue weighted by molar-refractivity contribution is 7.94. The molecule has 3 nitrogen and oxygen atoms in total. The molecule has 0 unspecified atom stereocenters. The maximum Gasteiger partial charge on any atom is 0.101 e. The van der Waals surface area contributed by atoms with Gasteiger partial charge < -0.3 is 4.72 Å². The average Bonchev–Trinajstić information content (AvgIpc) is 2.29. The van der Waals surface area contributed by atoms with Crippen LogP contribution in [-0.2, 0) is 16.6 Å². The zero-order valence-corrected chi connectivity index (χ0v) is 6.50. The molecular weight excluding hydrogens is 162 g/mol. The third-order valence-electron chi connectivity index (χ3n) is 1.66. The van der Waals surface area contributed by atoms with Crippen molar-refractivity contribution >= 4 is 10.0 Å². The van der Waals surface area contributed by atoms with Crippen molar-refractivity contribution in [2.75, 3.05) is 0 Å². The lowest BCUT2D eigenvalue weighted by atomic mass is 10.2. The maximum absolute atomic E-state index is 11.1.